The zero-order valence-corrected chi connectivity index (χ0v) is 14.5. The Labute approximate surface area is 143 Å². The molecule has 1 fully saturated rings. The van der Waals surface area contributed by atoms with Gasteiger partial charge in [-0.15, -0.1) is 0 Å². The van der Waals surface area contributed by atoms with Gasteiger partial charge < -0.3 is 10.2 Å². The van der Waals surface area contributed by atoms with Crippen LogP contribution in [0.2, 0.25) is 0 Å². The maximum atomic E-state index is 12.2. The predicted octanol–water partition coefficient (Wildman–Crippen LogP) is 3.81. The monoisotopic (exact) mass is 323 g/mol. The number of carbonyl (C=O) groups excluding carboxylic acids is 1. The molecule has 126 valence electrons. The number of nitrogens with one attached hydrogen (secondary N) is 1. The molecule has 1 aliphatic heterocycles. The quantitative estimate of drug-likeness (QED) is 0.930. The van der Waals surface area contributed by atoms with Crippen LogP contribution in [0.3, 0.4) is 0 Å². The minimum atomic E-state index is -0.0313. The first-order chi connectivity index (χ1) is 11.6. The zero-order valence-electron chi connectivity index (χ0n) is 14.5. The number of aryl methyl sites for hydroxylation is 1. The van der Waals surface area contributed by atoms with E-state index in [9.17, 15) is 4.79 Å². The van der Waals surface area contributed by atoms with Crippen LogP contribution < -0.4 is 10.2 Å². The Morgan fingerprint density at radius 1 is 1.29 bits per heavy atom. The fourth-order valence-corrected chi connectivity index (χ4v) is 3.24. The molecule has 4 nitrogen and oxygen atoms in total. The minimum absolute atomic E-state index is 0.0313. The van der Waals surface area contributed by atoms with Crippen molar-refractivity contribution in [2.24, 2.45) is 5.92 Å². The molecule has 1 saturated heterocycles. The van der Waals surface area contributed by atoms with E-state index in [4.69, 9.17) is 0 Å². The Morgan fingerprint density at radius 2 is 2.12 bits per heavy atom. The van der Waals surface area contributed by atoms with Gasteiger partial charge in [-0.05, 0) is 48.9 Å². The highest BCUT2D eigenvalue weighted by Gasteiger charge is 2.17. The fraction of sp³-hybridized carbons (Fsp3) is 0.400. The first kappa shape index (κ1) is 16.5. The van der Waals surface area contributed by atoms with Crippen LogP contribution in [0, 0.1) is 12.8 Å². The Hall–Kier alpha value is -2.36. The van der Waals surface area contributed by atoms with Gasteiger partial charge in [0.1, 0.15) is 5.82 Å². The Bertz CT molecular complexity index is 696. The van der Waals surface area contributed by atoms with E-state index in [0.29, 0.717) is 12.2 Å². The van der Waals surface area contributed by atoms with Crippen LogP contribution in [0.25, 0.3) is 0 Å². The van der Waals surface area contributed by atoms with Crippen LogP contribution >= 0.6 is 0 Å². The first-order valence-corrected chi connectivity index (χ1v) is 8.67. The molecule has 1 atom stereocenters. The number of benzene rings is 1. The molecule has 0 radical (unpaired) electrons. The largest absolute Gasteiger partial charge is 0.370 e. The molecule has 1 N–H and O–H groups in total. The molecule has 4 heteroatoms. The van der Waals surface area contributed by atoms with E-state index in [-0.39, 0.29) is 5.91 Å². The van der Waals surface area contributed by atoms with E-state index in [1.165, 1.54) is 12.8 Å². The standard InChI is InChI=1S/C20H25N3O/c1-15-6-5-11-23(14-15)18-9-10-19(21-13-18)22-20(24)12-17-8-4-3-7-16(17)2/h3-4,7-10,13,15H,5-6,11-12,14H2,1-2H3,(H,21,22,24). The number of carbonyl (C=O) groups is 1. The first-order valence-electron chi connectivity index (χ1n) is 8.67. The Morgan fingerprint density at radius 3 is 2.83 bits per heavy atom. The van der Waals surface area contributed by atoms with Crippen molar-refractivity contribution >= 4 is 17.4 Å². The van der Waals surface area contributed by atoms with Gasteiger partial charge in [-0.1, -0.05) is 31.2 Å². The molecular formula is C20H25N3O. The third-order valence-electron chi connectivity index (χ3n) is 4.65. The van der Waals surface area contributed by atoms with E-state index in [1.54, 1.807) is 0 Å². The molecule has 1 aromatic heterocycles. The van der Waals surface area contributed by atoms with Crippen LogP contribution in [-0.4, -0.2) is 24.0 Å². The predicted molar refractivity (Wildman–Crippen MR) is 98.4 cm³/mol. The second-order valence-corrected chi connectivity index (χ2v) is 6.75. The van der Waals surface area contributed by atoms with Crippen LogP contribution in [0.1, 0.15) is 30.9 Å². The number of aromatic nitrogens is 1. The lowest BCUT2D eigenvalue weighted by atomic mass is 10.00. The summed E-state index contributed by atoms with van der Waals surface area (Å²) >= 11 is 0. The van der Waals surface area contributed by atoms with E-state index in [2.05, 4.69) is 28.2 Å². The van der Waals surface area contributed by atoms with Crippen molar-refractivity contribution in [1.82, 2.24) is 4.98 Å². The number of amides is 1. The summed E-state index contributed by atoms with van der Waals surface area (Å²) in [5.41, 5.74) is 3.32. The molecule has 1 unspecified atom stereocenters. The normalized spacial score (nSPS) is 17.6. The van der Waals surface area contributed by atoms with Crippen LogP contribution in [0.5, 0.6) is 0 Å². The van der Waals surface area contributed by atoms with Gasteiger partial charge in [0.15, 0.2) is 0 Å². The molecule has 2 heterocycles. The molecule has 0 aliphatic carbocycles. The van der Waals surface area contributed by atoms with Crippen molar-refractivity contribution in [2.45, 2.75) is 33.1 Å². The summed E-state index contributed by atoms with van der Waals surface area (Å²) < 4.78 is 0. The maximum absolute atomic E-state index is 12.2. The van der Waals surface area contributed by atoms with E-state index in [0.717, 1.165) is 35.8 Å². The average molecular weight is 323 g/mol. The van der Waals surface area contributed by atoms with E-state index >= 15 is 0 Å². The van der Waals surface area contributed by atoms with Gasteiger partial charge in [-0.3, -0.25) is 4.79 Å². The van der Waals surface area contributed by atoms with Gasteiger partial charge in [-0.25, -0.2) is 4.98 Å². The number of rotatable bonds is 4. The minimum Gasteiger partial charge on any atom is -0.370 e. The molecule has 1 amide bonds. The average Bonchev–Trinajstić information content (AvgIpc) is 2.58. The summed E-state index contributed by atoms with van der Waals surface area (Å²) in [4.78, 5) is 19.0. The fourth-order valence-electron chi connectivity index (χ4n) is 3.24. The topological polar surface area (TPSA) is 45.2 Å². The van der Waals surface area contributed by atoms with Crippen molar-refractivity contribution < 1.29 is 4.79 Å². The molecule has 1 aliphatic rings. The van der Waals surface area contributed by atoms with Gasteiger partial charge >= 0.3 is 0 Å². The van der Waals surface area contributed by atoms with E-state index in [1.807, 2.05) is 43.5 Å². The van der Waals surface area contributed by atoms with E-state index < -0.39 is 0 Å². The smallest absolute Gasteiger partial charge is 0.229 e. The van der Waals surface area contributed by atoms with Gasteiger partial charge in [0.25, 0.3) is 0 Å². The number of hydrogen-bond donors (Lipinski definition) is 1. The van der Waals surface area contributed by atoms with Gasteiger partial charge in [-0.2, -0.15) is 0 Å². The lowest BCUT2D eigenvalue weighted by molar-refractivity contribution is -0.115. The molecule has 3 rings (SSSR count). The third kappa shape index (κ3) is 4.13. The second kappa shape index (κ2) is 7.47. The molecule has 24 heavy (non-hydrogen) atoms. The molecule has 1 aromatic carbocycles. The van der Waals surface area contributed by atoms with Crippen molar-refractivity contribution in [1.29, 1.82) is 0 Å². The van der Waals surface area contributed by atoms with Gasteiger partial charge in [0.05, 0.1) is 18.3 Å². The molecule has 2 aromatic rings. The number of nitrogens with zero attached hydrogens (tertiary/aromatic N) is 2. The summed E-state index contributed by atoms with van der Waals surface area (Å²) in [7, 11) is 0. The number of piperidine rings is 1. The number of anilines is 2. The Kier molecular flexibility index (Phi) is 5.14. The lowest BCUT2D eigenvalue weighted by Gasteiger charge is -2.32. The third-order valence-corrected chi connectivity index (χ3v) is 4.65. The summed E-state index contributed by atoms with van der Waals surface area (Å²) in [5.74, 6) is 1.31. The van der Waals surface area contributed by atoms with Crippen molar-refractivity contribution in [3.8, 4) is 0 Å². The highest BCUT2D eigenvalue weighted by molar-refractivity contribution is 5.91. The second-order valence-electron chi connectivity index (χ2n) is 6.75. The Balaban J connectivity index is 1.59. The lowest BCUT2D eigenvalue weighted by Crippen LogP contribution is -2.34. The van der Waals surface area contributed by atoms with Crippen molar-refractivity contribution in [3.63, 3.8) is 0 Å². The van der Waals surface area contributed by atoms with Gasteiger partial charge in [0, 0.05) is 13.1 Å². The van der Waals surface area contributed by atoms with Crippen molar-refractivity contribution in [2.75, 3.05) is 23.3 Å². The summed E-state index contributed by atoms with van der Waals surface area (Å²) in [5, 5.41) is 2.89. The van der Waals surface area contributed by atoms with Crippen LogP contribution in [0.15, 0.2) is 42.6 Å². The van der Waals surface area contributed by atoms with Crippen molar-refractivity contribution in [3.05, 3.63) is 53.7 Å². The number of hydrogen-bond acceptors (Lipinski definition) is 3. The molecular weight excluding hydrogens is 298 g/mol. The molecule has 0 saturated carbocycles. The summed E-state index contributed by atoms with van der Waals surface area (Å²) in [6.45, 7) is 6.49. The van der Waals surface area contributed by atoms with Gasteiger partial charge in [0.2, 0.25) is 5.91 Å². The SMILES string of the molecule is Cc1ccccc1CC(=O)Nc1ccc(N2CCCC(C)C2)cn1. The summed E-state index contributed by atoms with van der Waals surface area (Å²) in [6.07, 6.45) is 4.77. The molecule has 0 bridgehead atoms. The molecule has 0 spiro atoms. The highest BCUT2D eigenvalue weighted by atomic mass is 16.1. The maximum Gasteiger partial charge on any atom is 0.229 e. The zero-order chi connectivity index (χ0) is 16.9. The number of pyridine rings is 1. The van der Waals surface area contributed by atoms with Crippen LogP contribution in [0.4, 0.5) is 11.5 Å². The van der Waals surface area contributed by atoms with Crippen LogP contribution in [-0.2, 0) is 11.2 Å². The summed E-state index contributed by atoms with van der Waals surface area (Å²) in [6, 6.07) is 11.9. The highest BCUT2D eigenvalue weighted by Crippen LogP contribution is 2.23.